The molecule has 8 nitrogen and oxygen atoms in total. The average molecular weight is 553 g/mol. The second kappa shape index (κ2) is 12.9. The molecule has 1 aliphatic rings. The minimum Gasteiger partial charge on any atom is -0.444 e. The number of hydrogen-bond donors (Lipinski definition) is 2. The Morgan fingerprint density at radius 2 is 1.50 bits per heavy atom. The standard InChI is InChI=1S/C31H28N4O4S/c36-28(33-25-11-5-2-6-12-25)19-23-10-7-13-26(18-23)34-29(37)27-21-40-30(24-14-16-32-17-15-24)35(27)31(38)39-20-22-8-3-1-4-9-22/h1-18,27,30H,19-21H2,(H,33,36)(H,34,37)/t27-,30?/m0/s1. The molecule has 3 amide bonds. The van der Waals surface area contributed by atoms with Gasteiger partial charge in [-0.15, -0.1) is 11.8 Å². The molecule has 0 bridgehead atoms. The Balaban J connectivity index is 1.28. The Morgan fingerprint density at radius 3 is 2.25 bits per heavy atom. The van der Waals surface area contributed by atoms with E-state index in [0.29, 0.717) is 11.4 Å². The lowest BCUT2D eigenvalue weighted by atomic mass is 10.1. The predicted molar refractivity (Wildman–Crippen MR) is 156 cm³/mol. The normalized spacial score (nSPS) is 16.2. The zero-order valence-electron chi connectivity index (χ0n) is 21.6. The zero-order chi connectivity index (χ0) is 27.7. The molecule has 0 radical (unpaired) electrons. The number of benzene rings is 3. The van der Waals surface area contributed by atoms with Crippen LogP contribution in [0.4, 0.5) is 16.2 Å². The molecule has 1 aliphatic heterocycles. The quantitative estimate of drug-likeness (QED) is 0.293. The van der Waals surface area contributed by atoms with Crippen molar-refractivity contribution in [1.82, 2.24) is 9.88 Å². The molecule has 0 saturated carbocycles. The third kappa shape index (κ3) is 6.86. The molecule has 1 fully saturated rings. The lowest BCUT2D eigenvalue weighted by Gasteiger charge is -2.28. The lowest BCUT2D eigenvalue weighted by Crippen LogP contribution is -2.45. The van der Waals surface area contributed by atoms with Crippen LogP contribution in [-0.2, 0) is 27.4 Å². The van der Waals surface area contributed by atoms with Crippen LogP contribution in [0.3, 0.4) is 0 Å². The van der Waals surface area contributed by atoms with E-state index in [1.165, 1.54) is 16.7 Å². The van der Waals surface area contributed by atoms with Gasteiger partial charge < -0.3 is 15.4 Å². The molecule has 3 aromatic carbocycles. The number of carbonyl (C=O) groups is 3. The van der Waals surface area contributed by atoms with E-state index in [1.807, 2.05) is 78.9 Å². The second-order valence-corrected chi connectivity index (χ2v) is 10.3. The van der Waals surface area contributed by atoms with Gasteiger partial charge >= 0.3 is 6.09 Å². The Hall–Kier alpha value is -4.63. The molecule has 2 heterocycles. The number of ether oxygens (including phenoxy) is 1. The topological polar surface area (TPSA) is 101 Å². The van der Waals surface area contributed by atoms with Gasteiger partial charge in [0.05, 0.1) is 6.42 Å². The lowest BCUT2D eigenvalue weighted by molar-refractivity contribution is -0.120. The molecular weight excluding hydrogens is 524 g/mol. The van der Waals surface area contributed by atoms with E-state index in [0.717, 1.165) is 22.4 Å². The molecule has 40 heavy (non-hydrogen) atoms. The fourth-order valence-corrected chi connectivity index (χ4v) is 5.83. The van der Waals surface area contributed by atoms with Crippen LogP contribution in [0.2, 0.25) is 0 Å². The summed E-state index contributed by atoms with van der Waals surface area (Å²) in [7, 11) is 0. The summed E-state index contributed by atoms with van der Waals surface area (Å²) in [4.78, 5) is 44.9. The number of hydrogen-bond acceptors (Lipinski definition) is 6. The number of anilines is 2. The van der Waals surface area contributed by atoms with Crippen molar-refractivity contribution in [2.75, 3.05) is 16.4 Å². The van der Waals surface area contributed by atoms with Crippen molar-refractivity contribution in [1.29, 1.82) is 0 Å². The summed E-state index contributed by atoms with van der Waals surface area (Å²) >= 11 is 1.50. The van der Waals surface area contributed by atoms with Gasteiger partial charge in [-0.1, -0.05) is 60.7 Å². The highest BCUT2D eigenvalue weighted by Crippen LogP contribution is 2.42. The molecular formula is C31H28N4O4S. The highest BCUT2D eigenvalue weighted by Gasteiger charge is 2.43. The van der Waals surface area contributed by atoms with Gasteiger partial charge in [-0.3, -0.25) is 19.5 Å². The van der Waals surface area contributed by atoms with Gasteiger partial charge in [0.25, 0.3) is 0 Å². The Morgan fingerprint density at radius 1 is 0.825 bits per heavy atom. The number of nitrogens with zero attached hydrogens (tertiary/aromatic N) is 2. The van der Waals surface area contributed by atoms with Crippen LogP contribution in [0.1, 0.15) is 22.1 Å². The summed E-state index contributed by atoms with van der Waals surface area (Å²) in [6.07, 6.45) is 2.91. The van der Waals surface area contributed by atoms with Gasteiger partial charge in [-0.2, -0.15) is 0 Å². The van der Waals surface area contributed by atoms with Crippen LogP contribution in [0.15, 0.2) is 109 Å². The fraction of sp³-hybridized carbons (Fsp3) is 0.161. The maximum Gasteiger partial charge on any atom is 0.412 e. The first-order valence-corrected chi connectivity index (χ1v) is 13.9. The van der Waals surface area contributed by atoms with Gasteiger partial charge in [0, 0.05) is 29.5 Å². The van der Waals surface area contributed by atoms with Crippen LogP contribution in [0.5, 0.6) is 0 Å². The van der Waals surface area contributed by atoms with E-state index < -0.39 is 17.5 Å². The van der Waals surface area contributed by atoms with E-state index in [4.69, 9.17) is 4.74 Å². The number of carbonyl (C=O) groups excluding carboxylic acids is 3. The maximum atomic E-state index is 13.5. The van der Waals surface area contributed by atoms with Crippen molar-refractivity contribution in [3.8, 4) is 0 Å². The summed E-state index contributed by atoms with van der Waals surface area (Å²) in [5.41, 5.74) is 3.74. The van der Waals surface area contributed by atoms with E-state index in [9.17, 15) is 14.4 Å². The van der Waals surface area contributed by atoms with Crippen molar-refractivity contribution in [2.45, 2.75) is 24.4 Å². The molecule has 9 heteroatoms. The summed E-state index contributed by atoms with van der Waals surface area (Å²) in [5, 5.41) is 5.40. The van der Waals surface area contributed by atoms with Crippen LogP contribution in [-0.4, -0.2) is 39.6 Å². The number of nitrogens with one attached hydrogen (secondary N) is 2. The SMILES string of the molecule is O=C(Cc1cccc(NC(=O)[C@@H]2CSC(c3ccncc3)N2C(=O)OCc2ccccc2)c1)Nc1ccccc1. The van der Waals surface area contributed by atoms with Crippen LogP contribution in [0.25, 0.3) is 0 Å². The molecule has 202 valence electrons. The van der Waals surface area contributed by atoms with E-state index >= 15 is 0 Å². The molecule has 4 aromatic rings. The van der Waals surface area contributed by atoms with Crippen molar-refractivity contribution in [3.05, 3.63) is 126 Å². The molecule has 1 unspecified atom stereocenters. The van der Waals surface area contributed by atoms with Crippen LogP contribution >= 0.6 is 11.8 Å². The molecule has 1 aromatic heterocycles. The second-order valence-electron chi connectivity index (χ2n) is 9.21. The minimum absolute atomic E-state index is 0.103. The number of pyridine rings is 1. The predicted octanol–water partition coefficient (Wildman–Crippen LogP) is 5.65. The molecule has 5 rings (SSSR count). The Bertz CT molecular complexity index is 1450. The minimum atomic E-state index is -0.753. The Kier molecular flexibility index (Phi) is 8.73. The summed E-state index contributed by atoms with van der Waals surface area (Å²) in [6, 6.07) is 28.7. The Labute approximate surface area is 236 Å². The van der Waals surface area contributed by atoms with Gasteiger partial charge in [0.2, 0.25) is 11.8 Å². The summed E-state index contributed by atoms with van der Waals surface area (Å²) in [6.45, 7) is 0.103. The highest BCUT2D eigenvalue weighted by molar-refractivity contribution is 7.99. The van der Waals surface area contributed by atoms with E-state index in [1.54, 1.807) is 30.6 Å². The fourth-order valence-electron chi connectivity index (χ4n) is 4.41. The molecule has 1 saturated heterocycles. The smallest absolute Gasteiger partial charge is 0.412 e. The van der Waals surface area contributed by atoms with Gasteiger partial charge in [-0.25, -0.2) is 4.79 Å². The van der Waals surface area contributed by atoms with Crippen LogP contribution in [0, 0.1) is 0 Å². The number of rotatable bonds is 8. The van der Waals surface area contributed by atoms with E-state index in [-0.39, 0.29) is 24.8 Å². The number of amides is 3. The van der Waals surface area contributed by atoms with Crippen molar-refractivity contribution >= 4 is 41.0 Å². The molecule has 2 N–H and O–H groups in total. The first-order valence-electron chi connectivity index (χ1n) is 12.8. The molecule has 2 atom stereocenters. The van der Waals surface area contributed by atoms with E-state index in [2.05, 4.69) is 15.6 Å². The number of para-hydroxylation sites is 1. The van der Waals surface area contributed by atoms with Crippen molar-refractivity contribution in [3.63, 3.8) is 0 Å². The average Bonchev–Trinajstić information content (AvgIpc) is 3.43. The van der Waals surface area contributed by atoms with Gasteiger partial charge in [-0.05, 0) is 53.1 Å². The largest absolute Gasteiger partial charge is 0.444 e. The zero-order valence-corrected chi connectivity index (χ0v) is 22.4. The first-order chi connectivity index (χ1) is 19.6. The monoisotopic (exact) mass is 552 g/mol. The summed E-state index contributed by atoms with van der Waals surface area (Å²) < 4.78 is 5.64. The number of thioether (sulfide) groups is 1. The third-order valence-corrected chi connectivity index (χ3v) is 7.65. The third-order valence-electron chi connectivity index (χ3n) is 6.33. The van der Waals surface area contributed by atoms with Crippen molar-refractivity contribution < 1.29 is 19.1 Å². The maximum absolute atomic E-state index is 13.5. The highest BCUT2D eigenvalue weighted by atomic mass is 32.2. The first kappa shape index (κ1) is 27.0. The van der Waals surface area contributed by atoms with Gasteiger partial charge in [0.15, 0.2) is 0 Å². The van der Waals surface area contributed by atoms with Crippen molar-refractivity contribution in [2.24, 2.45) is 0 Å². The molecule has 0 spiro atoms. The van der Waals surface area contributed by atoms with Gasteiger partial charge in [0.1, 0.15) is 18.0 Å². The summed E-state index contributed by atoms with van der Waals surface area (Å²) in [5.74, 6) is -0.0840. The molecule has 0 aliphatic carbocycles. The van der Waals surface area contributed by atoms with Crippen LogP contribution < -0.4 is 10.6 Å². The number of aromatic nitrogens is 1.